The summed E-state index contributed by atoms with van der Waals surface area (Å²) in [5.74, 6) is 0.119. The van der Waals surface area contributed by atoms with E-state index in [1.165, 1.54) is 6.07 Å². The van der Waals surface area contributed by atoms with Crippen molar-refractivity contribution in [2.45, 2.75) is 31.9 Å². The van der Waals surface area contributed by atoms with Gasteiger partial charge in [-0.15, -0.1) is 0 Å². The highest BCUT2D eigenvalue weighted by molar-refractivity contribution is 7.91. The summed E-state index contributed by atoms with van der Waals surface area (Å²) in [6.07, 6.45) is 0.365. The third-order valence-electron chi connectivity index (χ3n) is 4.17. The van der Waals surface area contributed by atoms with E-state index in [1.54, 1.807) is 19.1 Å². The number of nitrogens with zero attached hydrogens (tertiary/aromatic N) is 1. The maximum Gasteiger partial charge on any atom is 0.151 e. The second-order valence-electron chi connectivity index (χ2n) is 5.85. The van der Waals surface area contributed by atoms with Crippen LogP contribution in [0.15, 0.2) is 18.2 Å². The lowest BCUT2D eigenvalue weighted by Crippen LogP contribution is -2.34. The van der Waals surface area contributed by atoms with Crippen molar-refractivity contribution >= 4 is 9.84 Å². The molecule has 1 N–H and O–H groups in total. The Bertz CT molecular complexity index is 603. The molecule has 0 bridgehead atoms. The number of benzene rings is 1. The average Bonchev–Trinajstić information content (AvgIpc) is 2.79. The maximum absolute atomic E-state index is 13.5. The number of sulfone groups is 1. The molecule has 1 fully saturated rings. The topological polar surface area (TPSA) is 57.6 Å². The first-order valence-electron chi connectivity index (χ1n) is 7.13. The average molecular weight is 315 g/mol. The molecular weight excluding hydrogens is 293 g/mol. The summed E-state index contributed by atoms with van der Waals surface area (Å²) in [5, 5.41) is 10.1. The normalized spacial score (nSPS) is 22.6. The second kappa shape index (κ2) is 6.42. The zero-order chi connectivity index (χ0) is 15.6. The van der Waals surface area contributed by atoms with Gasteiger partial charge in [0.25, 0.3) is 0 Å². The van der Waals surface area contributed by atoms with Gasteiger partial charge in [0.05, 0.1) is 17.6 Å². The van der Waals surface area contributed by atoms with Crippen molar-refractivity contribution in [1.29, 1.82) is 0 Å². The fourth-order valence-corrected chi connectivity index (χ4v) is 4.42. The van der Waals surface area contributed by atoms with Gasteiger partial charge in [0.15, 0.2) is 9.84 Å². The van der Waals surface area contributed by atoms with Gasteiger partial charge in [0, 0.05) is 12.6 Å². The molecule has 1 aromatic rings. The summed E-state index contributed by atoms with van der Waals surface area (Å²) in [5.41, 5.74) is 1.12. The van der Waals surface area contributed by atoms with E-state index in [9.17, 15) is 17.9 Å². The molecule has 6 heteroatoms. The van der Waals surface area contributed by atoms with E-state index in [0.29, 0.717) is 30.5 Å². The van der Waals surface area contributed by atoms with Crippen LogP contribution in [0.4, 0.5) is 4.39 Å². The molecule has 2 rings (SSSR count). The third kappa shape index (κ3) is 4.25. The summed E-state index contributed by atoms with van der Waals surface area (Å²) < 4.78 is 36.4. The molecular formula is C15H22FNO3S. The Morgan fingerprint density at radius 1 is 1.48 bits per heavy atom. The Labute approximate surface area is 125 Å². The van der Waals surface area contributed by atoms with Crippen LogP contribution in [-0.2, 0) is 9.84 Å². The highest BCUT2D eigenvalue weighted by Gasteiger charge is 2.30. The lowest BCUT2D eigenvalue weighted by molar-refractivity contribution is 0.139. The third-order valence-corrected chi connectivity index (χ3v) is 5.92. The summed E-state index contributed by atoms with van der Waals surface area (Å²) in [6.45, 7) is 2.26. The van der Waals surface area contributed by atoms with Crippen molar-refractivity contribution in [2.75, 3.05) is 25.1 Å². The van der Waals surface area contributed by atoms with Crippen LogP contribution in [0.1, 0.15) is 30.1 Å². The van der Waals surface area contributed by atoms with E-state index in [0.717, 1.165) is 0 Å². The first kappa shape index (κ1) is 16.4. The van der Waals surface area contributed by atoms with Crippen LogP contribution in [0.25, 0.3) is 0 Å². The second-order valence-corrected chi connectivity index (χ2v) is 8.08. The fourth-order valence-electron chi connectivity index (χ4n) is 2.61. The number of aliphatic hydroxyl groups excluding tert-OH is 1. The number of hydrogen-bond acceptors (Lipinski definition) is 4. The molecule has 1 saturated heterocycles. The van der Waals surface area contributed by atoms with Gasteiger partial charge >= 0.3 is 0 Å². The number of hydrogen-bond donors (Lipinski definition) is 1. The zero-order valence-electron chi connectivity index (χ0n) is 12.4. The van der Waals surface area contributed by atoms with E-state index in [-0.39, 0.29) is 23.4 Å². The van der Waals surface area contributed by atoms with E-state index < -0.39 is 15.9 Å². The Kier molecular flexibility index (Phi) is 5.01. The molecule has 0 saturated carbocycles. The van der Waals surface area contributed by atoms with Gasteiger partial charge in [0.2, 0.25) is 0 Å². The number of halogens is 1. The van der Waals surface area contributed by atoms with Crippen LogP contribution in [0.5, 0.6) is 0 Å². The molecule has 1 aliphatic rings. The molecule has 0 aliphatic carbocycles. The SMILES string of the molecule is Cc1ccc(C(O)CCN(C)C2CCS(=O)(=O)C2)cc1F. The Morgan fingerprint density at radius 2 is 2.19 bits per heavy atom. The van der Waals surface area contributed by atoms with E-state index in [2.05, 4.69) is 0 Å². The highest BCUT2D eigenvalue weighted by Crippen LogP contribution is 2.22. The minimum atomic E-state index is -2.90. The van der Waals surface area contributed by atoms with Gasteiger partial charge in [-0.1, -0.05) is 12.1 Å². The van der Waals surface area contributed by atoms with Gasteiger partial charge in [-0.05, 0) is 44.0 Å². The van der Waals surface area contributed by atoms with Crippen molar-refractivity contribution < 1.29 is 17.9 Å². The largest absolute Gasteiger partial charge is 0.388 e. The molecule has 2 unspecified atom stereocenters. The van der Waals surface area contributed by atoms with Crippen molar-refractivity contribution in [1.82, 2.24) is 4.90 Å². The Morgan fingerprint density at radius 3 is 2.76 bits per heavy atom. The molecule has 4 nitrogen and oxygen atoms in total. The summed E-state index contributed by atoms with van der Waals surface area (Å²) >= 11 is 0. The first-order chi connectivity index (χ1) is 9.78. The number of aliphatic hydroxyl groups is 1. The molecule has 0 spiro atoms. The molecule has 1 heterocycles. The van der Waals surface area contributed by atoms with Crippen molar-refractivity contribution in [3.63, 3.8) is 0 Å². The highest BCUT2D eigenvalue weighted by atomic mass is 32.2. The van der Waals surface area contributed by atoms with Crippen LogP contribution >= 0.6 is 0 Å². The molecule has 1 aliphatic heterocycles. The molecule has 21 heavy (non-hydrogen) atoms. The molecule has 1 aromatic carbocycles. The first-order valence-corrected chi connectivity index (χ1v) is 8.95. The molecule has 0 aromatic heterocycles. The van der Waals surface area contributed by atoms with Crippen LogP contribution in [-0.4, -0.2) is 49.6 Å². The van der Waals surface area contributed by atoms with Crippen LogP contribution in [0.2, 0.25) is 0 Å². The standard InChI is InChI=1S/C15H22FNO3S/c1-11-3-4-12(9-14(11)16)15(18)5-7-17(2)13-6-8-21(19,20)10-13/h3-4,9,13,15,18H,5-8,10H2,1-2H3. The summed E-state index contributed by atoms with van der Waals surface area (Å²) in [7, 11) is -1.03. The fraction of sp³-hybridized carbons (Fsp3) is 0.600. The summed E-state index contributed by atoms with van der Waals surface area (Å²) in [4.78, 5) is 1.97. The van der Waals surface area contributed by atoms with Crippen molar-refractivity contribution in [3.8, 4) is 0 Å². The Hall–Kier alpha value is -0.980. The predicted octanol–water partition coefficient (Wildman–Crippen LogP) is 1.68. The van der Waals surface area contributed by atoms with Gasteiger partial charge in [-0.3, -0.25) is 0 Å². The van der Waals surface area contributed by atoms with E-state index in [4.69, 9.17) is 0 Å². The van der Waals surface area contributed by atoms with Gasteiger partial charge in [-0.2, -0.15) is 0 Å². The lowest BCUT2D eigenvalue weighted by atomic mass is 10.0. The monoisotopic (exact) mass is 315 g/mol. The van der Waals surface area contributed by atoms with Crippen LogP contribution < -0.4 is 0 Å². The molecule has 0 radical (unpaired) electrons. The van der Waals surface area contributed by atoms with E-state index >= 15 is 0 Å². The Balaban J connectivity index is 1.88. The molecule has 2 atom stereocenters. The summed E-state index contributed by atoms with van der Waals surface area (Å²) in [6, 6.07) is 4.77. The molecule has 0 amide bonds. The van der Waals surface area contributed by atoms with Gasteiger partial charge in [0.1, 0.15) is 5.82 Å². The zero-order valence-corrected chi connectivity index (χ0v) is 13.2. The van der Waals surface area contributed by atoms with Gasteiger partial charge < -0.3 is 10.0 Å². The van der Waals surface area contributed by atoms with Crippen LogP contribution in [0, 0.1) is 12.7 Å². The van der Waals surface area contributed by atoms with Gasteiger partial charge in [-0.25, -0.2) is 12.8 Å². The van der Waals surface area contributed by atoms with Crippen molar-refractivity contribution in [2.24, 2.45) is 0 Å². The van der Waals surface area contributed by atoms with Crippen LogP contribution in [0.3, 0.4) is 0 Å². The smallest absolute Gasteiger partial charge is 0.151 e. The minimum absolute atomic E-state index is 0.0250. The maximum atomic E-state index is 13.5. The lowest BCUT2D eigenvalue weighted by Gasteiger charge is -2.24. The number of aryl methyl sites for hydroxylation is 1. The minimum Gasteiger partial charge on any atom is -0.388 e. The number of rotatable bonds is 5. The van der Waals surface area contributed by atoms with Crippen molar-refractivity contribution in [3.05, 3.63) is 35.1 Å². The predicted molar refractivity (Wildman–Crippen MR) is 80.4 cm³/mol. The quantitative estimate of drug-likeness (QED) is 0.898. The van der Waals surface area contributed by atoms with E-state index in [1.807, 2.05) is 11.9 Å². The molecule has 118 valence electrons.